The van der Waals surface area contributed by atoms with Crippen molar-refractivity contribution in [1.82, 2.24) is 20.1 Å². The number of anilines is 2. The molecular formula is C19H21N7O. The average Bonchev–Trinajstić information content (AvgIpc) is 2.69. The van der Waals surface area contributed by atoms with Crippen LogP contribution in [0.3, 0.4) is 0 Å². The second-order valence-electron chi connectivity index (χ2n) is 7.06. The number of rotatable bonds is 2. The van der Waals surface area contributed by atoms with Crippen LogP contribution in [0.15, 0.2) is 18.3 Å². The largest absolute Gasteiger partial charge is 0.359 e. The molecule has 0 aliphatic carbocycles. The van der Waals surface area contributed by atoms with Crippen LogP contribution < -0.4 is 9.80 Å². The first-order valence-electron chi connectivity index (χ1n) is 9.01. The summed E-state index contributed by atoms with van der Waals surface area (Å²) in [5.41, 5.74) is 4.50. The van der Waals surface area contributed by atoms with Gasteiger partial charge in [-0.2, -0.15) is 5.26 Å². The van der Waals surface area contributed by atoms with Crippen molar-refractivity contribution in [3.8, 4) is 6.07 Å². The molecule has 0 radical (unpaired) electrons. The number of likely N-dealkylation sites (N-methyl/N-ethyl adjacent to an activating group) is 1. The van der Waals surface area contributed by atoms with E-state index in [0.717, 1.165) is 54.4 Å². The van der Waals surface area contributed by atoms with Gasteiger partial charge in [-0.05, 0) is 30.2 Å². The number of hydrogen-bond acceptors (Lipinski definition) is 7. The van der Waals surface area contributed by atoms with Crippen LogP contribution in [-0.4, -0.2) is 59.2 Å². The van der Waals surface area contributed by atoms with Crippen LogP contribution in [0.2, 0.25) is 0 Å². The van der Waals surface area contributed by atoms with Gasteiger partial charge in [0, 0.05) is 45.3 Å². The summed E-state index contributed by atoms with van der Waals surface area (Å²) in [6.07, 6.45) is 2.71. The molecule has 0 unspecified atom stereocenters. The van der Waals surface area contributed by atoms with E-state index in [1.807, 2.05) is 26.2 Å². The number of carbonyl (C=O) groups excluding carboxylic acids is 1. The first-order valence-corrected chi connectivity index (χ1v) is 9.01. The highest BCUT2D eigenvalue weighted by Crippen LogP contribution is 2.27. The van der Waals surface area contributed by atoms with Gasteiger partial charge in [0.1, 0.15) is 6.07 Å². The Morgan fingerprint density at radius 3 is 2.70 bits per heavy atom. The zero-order chi connectivity index (χ0) is 19.0. The van der Waals surface area contributed by atoms with E-state index in [0.29, 0.717) is 18.8 Å². The lowest BCUT2D eigenvalue weighted by atomic mass is 10.0. The van der Waals surface area contributed by atoms with Gasteiger partial charge in [-0.25, -0.2) is 0 Å². The summed E-state index contributed by atoms with van der Waals surface area (Å²) >= 11 is 0. The maximum atomic E-state index is 12.0. The Labute approximate surface area is 158 Å². The van der Waals surface area contributed by atoms with Crippen LogP contribution in [-0.2, 0) is 17.8 Å². The lowest BCUT2D eigenvalue weighted by Gasteiger charge is -2.35. The molecule has 27 heavy (non-hydrogen) atoms. The zero-order valence-electron chi connectivity index (χ0n) is 15.5. The molecule has 0 bridgehead atoms. The monoisotopic (exact) mass is 363 g/mol. The van der Waals surface area contributed by atoms with Gasteiger partial charge in [0.2, 0.25) is 5.91 Å². The fourth-order valence-corrected chi connectivity index (χ4v) is 3.59. The van der Waals surface area contributed by atoms with Crippen LogP contribution in [0.25, 0.3) is 0 Å². The first kappa shape index (κ1) is 17.2. The summed E-state index contributed by atoms with van der Waals surface area (Å²) in [4.78, 5) is 22.7. The molecule has 0 N–H and O–H groups in total. The van der Waals surface area contributed by atoms with Crippen molar-refractivity contribution in [2.24, 2.45) is 0 Å². The van der Waals surface area contributed by atoms with E-state index in [1.165, 1.54) is 0 Å². The smallest absolute Gasteiger partial charge is 0.241 e. The van der Waals surface area contributed by atoms with Gasteiger partial charge >= 0.3 is 0 Å². The molecule has 2 aromatic rings. The highest BCUT2D eigenvalue weighted by Gasteiger charge is 2.24. The van der Waals surface area contributed by atoms with Gasteiger partial charge in [0.05, 0.1) is 18.4 Å². The second-order valence-corrected chi connectivity index (χ2v) is 7.06. The van der Waals surface area contributed by atoms with Crippen molar-refractivity contribution in [3.05, 3.63) is 40.8 Å². The van der Waals surface area contributed by atoms with E-state index in [1.54, 1.807) is 11.0 Å². The van der Waals surface area contributed by atoms with Crippen molar-refractivity contribution >= 4 is 17.4 Å². The van der Waals surface area contributed by atoms with E-state index < -0.39 is 0 Å². The summed E-state index contributed by atoms with van der Waals surface area (Å²) < 4.78 is 0. The normalized spacial score (nSPS) is 16.9. The molecule has 0 aromatic carbocycles. The molecule has 0 spiro atoms. The molecule has 8 nitrogen and oxygen atoms in total. The molecule has 4 heterocycles. The number of nitriles is 1. The zero-order valence-corrected chi connectivity index (χ0v) is 15.5. The van der Waals surface area contributed by atoms with Gasteiger partial charge in [-0.15, -0.1) is 10.2 Å². The molecule has 1 amide bonds. The number of pyridine rings is 1. The molecule has 8 heteroatoms. The molecule has 4 rings (SSSR count). The number of carbonyl (C=O) groups is 1. The van der Waals surface area contributed by atoms with E-state index in [9.17, 15) is 4.79 Å². The van der Waals surface area contributed by atoms with Crippen molar-refractivity contribution in [3.63, 3.8) is 0 Å². The SMILES string of the molecule is Cc1cc(C#N)nnc1N1CCc2ncc(N3CCN(C)C(=O)C3)cc2C1. The second kappa shape index (κ2) is 6.83. The molecule has 138 valence electrons. The molecule has 2 aliphatic heterocycles. The molecule has 2 aliphatic rings. The van der Waals surface area contributed by atoms with Gasteiger partial charge in [0.15, 0.2) is 11.5 Å². The summed E-state index contributed by atoms with van der Waals surface area (Å²) in [6, 6.07) is 5.93. The predicted octanol–water partition coefficient (Wildman–Crippen LogP) is 0.893. The van der Waals surface area contributed by atoms with Gasteiger partial charge < -0.3 is 14.7 Å². The van der Waals surface area contributed by atoms with Crippen LogP contribution in [0.4, 0.5) is 11.5 Å². The topological polar surface area (TPSA) is 89.2 Å². The average molecular weight is 363 g/mol. The first-order chi connectivity index (χ1) is 13.0. The van der Waals surface area contributed by atoms with Crippen LogP contribution in [0, 0.1) is 18.3 Å². The quantitative estimate of drug-likeness (QED) is 0.783. The summed E-state index contributed by atoms with van der Waals surface area (Å²) in [7, 11) is 1.84. The molecule has 1 fully saturated rings. The molecule has 1 saturated heterocycles. The number of fused-ring (bicyclic) bond motifs is 1. The fourth-order valence-electron chi connectivity index (χ4n) is 3.59. The molecule has 2 aromatic heterocycles. The third kappa shape index (κ3) is 3.28. The number of aryl methyl sites for hydroxylation is 1. The summed E-state index contributed by atoms with van der Waals surface area (Å²) in [5.74, 6) is 0.934. The van der Waals surface area contributed by atoms with E-state index in [4.69, 9.17) is 5.26 Å². The number of hydrogen-bond donors (Lipinski definition) is 0. The third-order valence-corrected chi connectivity index (χ3v) is 5.22. The number of aromatic nitrogens is 3. The Balaban J connectivity index is 1.57. The Morgan fingerprint density at radius 1 is 1.11 bits per heavy atom. The third-order valence-electron chi connectivity index (χ3n) is 5.22. The number of nitrogens with zero attached hydrogens (tertiary/aromatic N) is 7. The highest BCUT2D eigenvalue weighted by molar-refractivity contribution is 5.82. The maximum Gasteiger partial charge on any atom is 0.241 e. The Morgan fingerprint density at radius 2 is 1.96 bits per heavy atom. The van der Waals surface area contributed by atoms with Gasteiger partial charge in [0.25, 0.3) is 0 Å². The Hall–Kier alpha value is -3.21. The van der Waals surface area contributed by atoms with Crippen molar-refractivity contribution in [1.29, 1.82) is 5.26 Å². The van der Waals surface area contributed by atoms with Crippen molar-refractivity contribution in [2.45, 2.75) is 19.9 Å². The van der Waals surface area contributed by atoms with Crippen LogP contribution >= 0.6 is 0 Å². The highest BCUT2D eigenvalue weighted by atomic mass is 16.2. The minimum Gasteiger partial charge on any atom is -0.359 e. The predicted molar refractivity (Wildman–Crippen MR) is 100 cm³/mol. The Bertz CT molecular complexity index is 936. The molecule has 0 atom stereocenters. The van der Waals surface area contributed by atoms with Gasteiger partial charge in [-0.1, -0.05) is 0 Å². The fraction of sp³-hybridized carbons (Fsp3) is 0.421. The van der Waals surface area contributed by atoms with Crippen LogP contribution in [0.1, 0.15) is 22.5 Å². The molecule has 0 saturated carbocycles. The van der Waals surface area contributed by atoms with Crippen LogP contribution in [0.5, 0.6) is 0 Å². The number of piperazine rings is 1. The minimum atomic E-state index is 0.129. The van der Waals surface area contributed by atoms with E-state index in [-0.39, 0.29) is 5.91 Å². The summed E-state index contributed by atoms with van der Waals surface area (Å²) in [6.45, 7) is 5.38. The van der Waals surface area contributed by atoms with Crippen molar-refractivity contribution < 1.29 is 4.79 Å². The van der Waals surface area contributed by atoms with Crippen molar-refractivity contribution in [2.75, 3.05) is 43.0 Å². The molecular weight excluding hydrogens is 342 g/mol. The summed E-state index contributed by atoms with van der Waals surface area (Å²) in [5, 5.41) is 17.2. The van der Waals surface area contributed by atoms with E-state index in [2.05, 4.69) is 31.0 Å². The number of amides is 1. The van der Waals surface area contributed by atoms with E-state index >= 15 is 0 Å². The minimum absolute atomic E-state index is 0.129. The lowest BCUT2D eigenvalue weighted by Crippen LogP contribution is -2.48. The maximum absolute atomic E-state index is 12.0. The Kier molecular flexibility index (Phi) is 4.36. The lowest BCUT2D eigenvalue weighted by molar-refractivity contribution is -0.129. The standard InChI is InChI=1S/C19H21N7O/c1-13-7-15(9-20)22-23-19(13)26-4-3-17-14(11-26)8-16(10-21-17)25-6-5-24(2)18(27)12-25/h7-8,10H,3-6,11-12H2,1-2H3. The van der Waals surface area contributed by atoms with Gasteiger partial charge in [-0.3, -0.25) is 9.78 Å².